The zero-order valence-electron chi connectivity index (χ0n) is 9.29. The fraction of sp³-hybridized carbons (Fsp3) is 0.0909. The van der Waals surface area contributed by atoms with Crippen molar-refractivity contribution in [1.82, 2.24) is 15.0 Å². The Morgan fingerprint density at radius 3 is 2.78 bits per heavy atom. The summed E-state index contributed by atoms with van der Waals surface area (Å²) in [5.74, 6) is 1.45. The van der Waals surface area contributed by atoms with Gasteiger partial charge in [-0.05, 0) is 18.2 Å². The van der Waals surface area contributed by atoms with Crippen molar-refractivity contribution in [2.24, 2.45) is 0 Å². The number of pyridine rings is 1. The van der Waals surface area contributed by atoms with Gasteiger partial charge in [-0.15, -0.1) is 11.3 Å². The Hall–Kier alpha value is -1.30. The smallest absolute Gasteiger partial charge is 0.180 e. The number of imidazole rings is 1. The summed E-state index contributed by atoms with van der Waals surface area (Å²) in [4.78, 5) is 12.0. The summed E-state index contributed by atoms with van der Waals surface area (Å²) in [6.07, 6.45) is 0. The molecule has 7 heteroatoms. The van der Waals surface area contributed by atoms with Crippen molar-refractivity contribution in [3.05, 3.63) is 26.9 Å². The van der Waals surface area contributed by atoms with Gasteiger partial charge in [-0.25, -0.2) is 9.97 Å². The number of hydrogen-bond acceptors (Lipinski definition) is 4. The number of anilines is 1. The van der Waals surface area contributed by atoms with E-state index in [-0.39, 0.29) is 0 Å². The Kier molecular flexibility index (Phi) is 2.89. The fourth-order valence-corrected chi connectivity index (χ4v) is 3.13. The van der Waals surface area contributed by atoms with Crippen LogP contribution in [0.4, 0.5) is 5.82 Å². The SMILES string of the molecule is CNc1ccc2[nH]c(-c3cc(Cl)sc3Cl)nc2n1. The summed E-state index contributed by atoms with van der Waals surface area (Å²) < 4.78 is 1.26. The molecule has 0 saturated heterocycles. The lowest BCUT2D eigenvalue weighted by atomic mass is 10.3. The Labute approximate surface area is 117 Å². The number of thiophene rings is 1. The molecule has 0 saturated carbocycles. The molecule has 3 aromatic rings. The van der Waals surface area contributed by atoms with Crippen LogP contribution in [0.2, 0.25) is 8.67 Å². The number of aromatic amines is 1. The number of fused-ring (bicyclic) bond motifs is 1. The van der Waals surface area contributed by atoms with Crippen LogP contribution in [0, 0.1) is 0 Å². The van der Waals surface area contributed by atoms with Crippen molar-refractivity contribution >= 4 is 51.5 Å². The second-order valence-electron chi connectivity index (χ2n) is 3.64. The first-order chi connectivity index (χ1) is 8.67. The standard InChI is InChI=1S/C11H8Cl2N4S/c1-14-8-3-2-6-11(16-8)17-10(15-6)5-4-7(12)18-9(5)13/h2-4H,1H3,(H2,14,15,16,17). The molecular weight excluding hydrogens is 291 g/mol. The van der Waals surface area contributed by atoms with Gasteiger partial charge in [0, 0.05) is 12.6 Å². The molecule has 0 aliphatic rings. The third-order valence-corrected chi connectivity index (χ3v) is 4.00. The molecule has 0 aliphatic carbocycles. The van der Waals surface area contributed by atoms with E-state index in [1.807, 2.05) is 19.2 Å². The molecule has 0 bridgehead atoms. The minimum Gasteiger partial charge on any atom is -0.373 e. The molecule has 0 fully saturated rings. The molecule has 0 spiro atoms. The van der Waals surface area contributed by atoms with Crippen LogP contribution in [-0.4, -0.2) is 22.0 Å². The molecule has 3 rings (SSSR count). The van der Waals surface area contributed by atoms with Gasteiger partial charge < -0.3 is 10.3 Å². The van der Waals surface area contributed by atoms with Crippen LogP contribution in [0.5, 0.6) is 0 Å². The first-order valence-electron chi connectivity index (χ1n) is 5.17. The van der Waals surface area contributed by atoms with E-state index >= 15 is 0 Å². The number of hydrogen-bond donors (Lipinski definition) is 2. The first kappa shape index (κ1) is 11.8. The highest BCUT2D eigenvalue weighted by atomic mass is 35.5. The van der Waals surface area contributed by atoms with Gasteiger partial charge in [-0.2, -0.15) is 0 Å². The van der Waals surface area contributed by atoms with Gasteiger partial charge in [0.15, 0.2) is 5.65 Å². The maximum atomic E-state index is 6.11. The third-order valence-electron chi connectivity index (χ3n) is 2.51. The average Bonchev–Trinajstić information content (AvgIpc) is 2.90. The number of rotatable bonds is 2. The van der Waals surface area contributed by atoms with Crippen LogP contribution in [0.3, 0.4) is 0 Å². The average molecular weight is 299 g/mol. The lowest BCUT2D eigenvalue weighted by Crippen LogP contribution is -1.91. The predicted octanol–water partition coefficient (Wildman–Crippen LogP) is 4.03. The second-order valence-corrected chi connectivity index (χ2v) is 5.93. The number of halogens is 2. The Morgan fingerprint density at radius 2 is 2.11 bits per heavy atom. The number of nitrogens with zero attached hydrogens (tertiary/aromatic N) is 2. The minimum atomic E-state index is 0.618. The topological polar surface area (TPSA) is 53.6 Å². The minimum absolute atomic E-state index is 0.618. The fourth-order valence-electron chi connectivity index (χ4n) is 1.66. The van der Waals surface area contributed by atoms with E-state index in [1.54, 1.807) is 6.07 Å². The van der Waals surface area contributed by atoms with Crippen LogP contribution in [0.25, 0.3) is 22.6 Å². The van der Waals surface area contributed by atoms with Gasteiger partial charge in [0.1, 0.15) is 16.0 Å². The first-order valence-corrected chi connectivity index (χ1v) is 6.74. The molecular formula is C11H8Cl2N4S. The van der Waals surface area contributed by atoms with Crippen LogP contribution >= 0.6 is 34.5 Å². The summed E-state index contributed by atoms with van der Waals surface area (Å²) in [6.45, 7) is 0. The van der Waals surface area contributed by atoms with Gasteiger partial charge in [0.2, 0.25) is 0 Å². The highest BCUT2D eigenvalue weighted by molar-refractivity contribution is 7.20. The largest absolute Gasteiger partial charge is 0.373 e. The van der Waals surface area contributed by atoms with E-state index in [0.717, 1.165) is 16.9 Å². The second kappa shape index (κ2) is 4.42. The monoisotopic (exact) mass is 298 g/mol. The Bertz CT molecular complexity index is 719. The molecule has 3 heterocycles. The normalized spacial score (nSPS) is 11.1. The van der Waals surface area contributed by atoms with Crippen LogP contribution < -0.4 is 5.32 Å². The van der Waals surface area contributed by atoms with E-state index in [1.165, 1.54) is 11.3 Å². The highest BCUT2D eigenvalue weighted by Gasteiger charge is 2.13. The van der Waals surface area contributed by atoms with E-state index in [2.05, 4.69) is 20.3 Å². The molecule has 4 nitrogen and oxygen atoms in total. The maximum absolute atomic E-state index is 6.11. The molecule has 0 amide bonds. The van der Waals surface area contributed by atoms with Crippen molar-refractivity contribution in [2.45, 2.75) is 0 Å². The molecule has 0 aromatic carbocycles. The molecule has 0 radical (unpaired) electrons. The van der Waals surface area contributed by atoms with Gasteiger partial charge in [0.05, 0.1) is 9.85 Å². The Morgan fingerprint density at radius 1 is 1.28 bits per heavy atom. The number of H-pyrrole nitrogens is 1. The molecule has 0 unspecified atom stereocenters. The summed E-state index contributed by atoms with van der Waals surface area (Å²) in [6, 6.07) is 5.60. The van der Waals surface area contributed by atoms with Crippen LogP contribution in [0.1, 0.15) is 0 Å². The number of nitrogens with one attached hydrogen (secondary N) is 2. The van der Waals surface area contributed by atoms with Gasteiger partial charge >= 0.3 is 0 Å². The quantitative estimate of drug-likeness (QED) is 0.751. The van der Waals surface area contributed by atoms with Crippen molar-refractivity contribution in [3.8, 4) is 11.4 Å². The molecule has 2 N–H and O–H groups in total. The molecule has 3 aromatic heterocycles. The van der Waals surface area contributed by atoms with Crippen LogP contribution in [-0.2, 0) is 0 Å². The lowest BCUT2D eigenvalue weighted by molar-refractivity contribution is 1.29. The number of aromatic nitrogens is 3. The van der Waals surface area contributed by atoms with Gasteiger partial charge in [-0.3, -0.25) is 0 Å². The zero-order valence-corrected chi connectivity index (χ0v) is 11.6. The van der Waals surface area contributed by atoms with Crippen LogP contribution in [0.15, 0.2) is 18.2 Å². The van der Waals surface area contributed by atoms with Gasteiger partial charge in [-0.1, -0.05) is 23.2 Å². The van der Waals surface area contributed by atoms with E-state index in [4.69, 9.17) is 23.2 Å². The maximum Gasteiger partial charge on any atom is 0.180 e. The van der Waals surface area contributed by atoms with Crippen molar-refractivity contribution < 1.29 is 0 Å². The summed E-state index contributed by atoms with van der Waals surface area (Å²) in [5.41, 5.74) is 2.31. The van der Waals surface area contributed by atoms with E-state index < -0.39 is 0 Å². The molecule has 0 atom stereocenters. The lowest BCUT2D eigenvalue weighted by Gasteiger charge is -1.95. The third kappa shape index (κ3) is 1.94. The predicted molar refractivity (Wildman–Crippen MR) is 76.8 cm³/mol. The summed E-state index contributed by atoms with van der Waals surface area (Å²) in [5, 5.41) is 2.97. The van der Waals surface area contributed by atoms with E-state index in [0.29, 0.717) is 20.1 Å². The molecule has 18 heavy (non-hydrogen) atoms. The van der Waals surface area contributed by atoms with Crippen molar-refractivity contribution in [1.29, 1.82) is 0 Å². The summed E-state index contributed by atoms with van der Waals surface area (Å²) >= 11 is 13.4. The van der Waals surface area contributed by atoms with Gasteiger partial charge in [0.25, 0.3) is 0 Å². The van der Waals surface area contributed by atoms with Crippen molar-refractivity contribution in [3.63, 3.8) is 0 Å². The highest BCUT2D eigenvalue weighted by Crippen LogP contribution is 2.37. The van der Waals surface area contributed by atoms with Crippen molar-refractivity contribution in [2.75, 3.05) is 12.4 Å². The van der Waals surface area contributed by atoms with E-state index in [9.17, 15) is 0 Å². The zero-order chi connectivity index (χ0) is 12.7. The summed E-state index contributed by atoms with van der Waals surface area (Å²) in [7, 11) is 1.82. The molecule has 0 aliphatic heterocycles. The molecule has 92 valence electrons. The Balaban J connectivity index is 2.16.